The summed E-state index contributed by atoms with van der Waals surface area (Å²) in [5, 5.41) is 4.24. The second-order valence-corrected chi connectivity index (χ2v) is 8.44. The van der Waals surface area contributed by atoms with Crippen molar-refractivity contribution in [2.45, 2.75) is 19.8 Å². The number of nitrogens with zero attached hydrogens (tertiary/aromatic N) is 4. The van der Waals surface area contributed by atoms with E-state index in [0.717, 1.165) is 89.4 Å². The fourth-order valence-electron chi connectivity index (χ4n) is 4.05. The van der Waals surface area contributed by atoms with Gasteiger partial charge in [-0.3, -0.25) is 9.89 Å². The number of benzene rings is 1. The van der Waals surface area contributed by atoms with Crippen molar-refractivity contribution in [3.8, 4) is 0 Å². The second kappa shape index (κ2) is 13.6. The summed E-state index contributed by atoms with van der Waals surface area (Å²) in [5.74, 6) is 1.64. The van der Waals surface area contributed by atoms with Crippen LogP contribution in [0.3, 0.4) is 0 Å². The Kier molecular flexibility index (Phi) is 11.6. The van der Waals surface area contributed by atoms with Crippen LogP contribution in [-0.4, -0.2) is 88.4 Å². The van der Waals surface area contributed by atoms with Crippen LogP contribution in [0.15, 0.2) is 29.3 Å². The number of guanidine groups is 1. The number of piperazine rings is 1. The third kappa shape index (κ3) is 8.05. The van der Waals surface area contributed by atoms with Crippen LogP contribution in [0.4, 0.5) is 5.69 Å². The number of aliphatic imine (C=N–C) groups is 1. The Hall–Kier alpha value is -0.770. The van der Waals surface area contributed by atoms with Gasteiger partial charge in [-0.2, -0.15) is 0 Å². The van der Waals surface area contributed by atoms with Gasteiger partial charge in [0, 0.05) is 82.6 Å². The lowest BCUT2D eigenvalue weighted by atomic mass is 10.1. The number of hydrogen-bond acceptors (Lipinski definition) is 4. The van der Waals surface area contributed by atoms with Crippen molar-refractivity contribution in [2.24, 2.45) is 10.9 Å². The molecule has 1 aromatic carbocycles. The maximum atomic E-state index is 6.13. The average Bonchev–Trinajstić information content (AvgIpc) is 3.24. The molecule has 0 aromatic heterocycles. The summed E-state index contributed by atoms with van der Waals surface area (Å²) in [7, 11) is 2.13. The van der Waals surface area contributed by atoms with Crippen LogP contribution >= 0.6 is 35.6 Å². The molecule has 1 unspecified atom stereocenters. The SMILES string of the molecule is CCNC(=NCCCN1CCN(c2cccc(Cl)c2)CC1)N(C)CC1CCOC1.I. The van der Waals surface area contributed by atoms with E-state index in [9.17, 15) is 0 Å². The standard InChI is InChI=1S/C22H36ClN5O.HI/c1-3-24-22(26(2)17-19-8-15-29-18-19)25-9-5-10-27-11-13-28(14-12-27)21-7-4-6-20(23)16-21;/h4,6-7,16,19H,3,5,8-15,17-18H2,1-2H3,(H,24,25);1H. The third-order valence-electron chi connectivity index (χ3n) is 5.69. The number of hydrogen-bond donors (Lipinski definition) is 1. The molecule has 30 heavy (non-hydrogen) atoms. The van der Waals surface area contributed by atoms with Crippen LogP contribution in [0.25, 0.3) is 0 Å². The highest BCUT2D eigenvalue weighted by molar-refractivity contribution is 14.0. The van der Waals surface area contributed by atoms with Crippen molar-refractivity contribution in [3.63, 3.8) is 0 Å². The van der Waals surface area contributed by atoms with Gasteiger partial charge in [-0.1, -0.05) is 17.7 Å². The molecule has 1 N–H and O–H groups in total. The summed E-state index contributed by atoms with van der Waals surface area (Å²) < 4.78 is 5.50. The third-order valence-corrected chi connectivity index (χ3v) is 5.93. The lowest BCUT2D eigenvalue weighted by molar-refractivity contribution is 0.181. The van der Waals surface area contributed by atoms with Gasteiger partial charge in [0.05, 0.1) is 6.61 Å². The molecule has 2 heterocycles. The summed E-state index contributed by atoms with van der Waals surface area (Å²) in [6, 6.07) is 8.16. The molecule has 0 spiro atoms. The summed E-state index contributed by atoms with van der Waals surface area (Å²) in [5.41, 5.74) is 1.23. The van der Waals surface area contributed by atoms with Crippen molar-refractivity contribution < 1.29 is 4.74 Å². The highest BCUT2D eigenvalue weighted by Gasteiger charge is 2.19. The van der Waals surface area contributed by atoms with E-state index in [1.165, 1.54) is 5.69 Å². The topological polar surface area (TPSA) is 43.3 Å². The normalized spacial score (nSPS) is 20.2. The smallest absolute Gasteiger partial charge is 0.193 e. The number of rotatable bonds is 8. The van der Waals surface area contributed by atoms with E-state index in [0.29, 0.717) is 5.92 Å². The number of anilines is 1. The van der Waals surface area contributed by atoms with E-state index in [-0.39, 0.29) is 24.0 Å². The fraction of sp³-hybridized carbons (Fsp3) is 0.682. The van der Waals surface area contributed by atoms with Crippen molar-refractivity contribution in [1.82, 2.24) is 15.1 Å². The Balaban J connectivity index is 0.00000320. The summed E-state index contributed by atoms with van der Waals surface area (Å²) in [6.45, 7) is 12.1. The Morgan fingerprint density at radius 2 is 2.10 bits per heavy atom. The van der Waals surface area contributed by atoms with Gasteiger partial charge < -0.3 is 19.9 Å². The fourth-order valence-corrected chi connectivity index (χ4v) is 4.24. The zero-order valence-electron chi connectivity index (χ0n) is 18.4. The highest BCUT2D eigenvalue weighted by Crippen LogP contribution is 2.20. The van der Waals surface area contributed by atoms with E-state index < -0.39 is 0 Å². The van der Waals surface area contributed by atoms with Crippen LogP contribution in [0.2, 0.25) is 5.02 Å². The molecule has 0 aliphatic carbocycles. The van der Waals surface area contributed by atoms with Gasteiger partial charge in [0.25, 0.3) is 0 Å². The first-order chi connectivity index (χ1) is 14.2. The predicted octanol–water partition coefficient (Wildman–Crippen LogP) is 3.40. The minimum absolute atomic E-state index is 0. The maximum absolute atomic E-state index is 6.13. The molecule has 0 amide bonds. The van der Waals surface area contributed by atoms with Crippen LogP contribution in [0.5, 0.6) is 0 Å². The quantitative estimate of drug-likeness (QED) is 0.233. The molecule has 2 aliphatic rings. The molecule has 170 valence electrons. The number of nitrogens with one attached hydrogen (secondary N) is 1. The molecule has 1 aromatic rings. The summed E-state index contributed by atoms with van der Waals surface area (Å²) >= 11 is 6.13. The van der Waals surface area contributed by atoms with Crippen molar-refractivity contribution in [3.05, 3.63) is 29.3 Å². The van der Waals surface area contributed by atoms with Crippen LogP contribution in [0, 0.1) is 5.92 Å². The molecular weight excluding hydrogens is 513 g/mol. The minimum atomic E-state index is 0. The Bertz CT molecular complexity index is 648. The van der Waals surface area contributed by atoms with Gasteiger partial charge in [0.2, 0.25) is 0 Å². The summed E-state index contributed by atoms with van der Waals surface area (Å²) in [6.07, 6.45) is 2.25. The van der Waals surface area contributed by atoms with Gasteiger partial charge in [0.1, 0.15) is 0 Å². The largest absolute Gasteiger partial charge is 0.381 e. The molecule has 1 atom stereocenters. The minimum Gasteiger partial charge on any atom is -0.381 e. The van der Waals surface area contributed by atoms with Crippen LogP contribution in [0.1, 0.15) is 19.8 Å². The van der Waals surface area contributed by atoms with E-state index >= 15 is 0 Å². The maximum Gasteiger partial charge on any atom is 0.193 e. The van der Waals surface area contributed by atoms with Crippen molar-refractivity contribution >= 4 is 47.2 Å². The molecular formula is C22H37ClIN5O. The molecule has 3 rings (SSSR count). The Morgan fingerprint density at radius 3 is 2.77 bits per heavy atom. The molecule has 2 aliphatic heterocycles. The van der Waals surface area contributed by atoms with E-state index in [1.807, 2.05) is 12.1 Å². The average molecular weight is 550 g/mol. The molecule has 8 heteroatoms. The first-order valence-corrected chi connectivity index (χ1v) is 11.3. The monoisotopic (exact) mass is 549 g/mol. The molecule has 0 radical (unpaired) electrons. The number of ether oxygens (including phenoxy) is 1. The summed E-state index contributed by atoms with van der Waals surface area (Å²) in [4.78, 5) is 12.1. The second-order valence-electron chi connectivity index (χ2n) is 8.01. The van der Waals surface area contributed by atoms with Gasteiger partial charge in [-0.15, -0.1) is 24.0 Å². The zero-order chi connectivity index (χ0) is 20.5. The zero-order valence-corrected chi connectivity index (χ0v) is 21.4. The van der Waals surface area contributed by atoms with E-state index in [1.54, 1.807) is 0 Å². The van der Waals surface area contributed by atoms with Gasteiger partial charge in [0.15, 0.2) is 5.96 Å². The molecule has 2 fully saturated rings. The molecule has 0 saturated carbocycles. The van der Waals surface area contributed by atoms with E-state index in [4.69, 9.17) is 21.3 Å². The van der Waals surface area contributed by atoms with Gasteiger partial charge in [-0.25, -0.2) is 0 Å². The number of halogens is 2. The van der Waals surface area contributed by atoms with Crippen molar-refractivity contribution in [1.29, 1.82) is 0 Å². The lowest BCUT2D eigenvalue weighted by Crippen LogP contribution is -2.46. The van der Waals surface area contributed by atoms with Gasteiger partial charge >= 0.3 is 0 Å². The van der Waals surface area contributed by atoms with Crippen molar-refractivity contribution in [2.75, 3.05) is 77.5 Å². The Labute approximate surface area is 204 Å². The predicted molar refractivity (Wildman–Crippen MR) is 138 cm³/mol. The Morgan fingerprint density at radius 1 is 1.30 bits per heavy atom. The van der Waals surface area contributed by atoms with Crippen LogP contribution < -0.4 is 10.2 Å². The lowest BCUT2D eigenvalue weighted by Gasteiger charge is -2.36. The molecule has 2 saturated heterocycles. The van der Waals surface area contributed by atoms with Gasteiger partial charge in [-0.05, 0) is 38.0 Å². The van der Waals surface area contributed by atoms with E-state index in [2.05, 4.69) is 46.1 Å². The molecule has 0 bridgehead atoms. The van der Waals surface area contributed by atoms with Crippen LogP contribution in [-0.2, 0) is 4.74 Å². The molecule has 6 nitrogen and oxygen atoms in total. The first-order valence-electron chi connectivity index (χ1n) is 11.0. The highest BCUT2D eigenvalue weighted by atomic mass is 127. The first kappa shape index (κ1) is 25.5.